The van der Waals surface area contributed by atoms with Gasteiger partial charge in [-0.1, -0.05) is 36.4 Å². The fourth-order valence-corrected chi connectivity index (χ4v) is 5.23. The molecule has 1 aliphatic heterocycles. The highest BCUT2D eigenvalue weighted by atomic mass is 32.2. The van der Waals surface area contributed by atoms with Crippen molar-refractivity contribution in [2.24, 2.45) is 0 Å². The molecule has 1 fully saturated rings. The van der Waals surface area contributed by atoms with Crippen molar-refractivity contribution in [1.29, 1.82) is 0 Å². The molecule has 38 heavy (non-hydrogen) atoms. The van der Waals surface area contributed by atoms with E-state index >= 15 is 0 Å². The molecule has 1 heterocycles. The first-order valence-corrected chi connectivity index (χ1v) is 14.6. The number of amides is 1. The van der Waals surface area contributed by atoms with Gasteiger partial charge in [0.15, 0.2) is 0 Å². The van der Waals surface area contributed by atoms with Crippen LogP contribution in [-0.4, -0.2) is 58.4 Å². The fourth-order valence-electron chi connectivity index (χ4n) is 4.34. The lowest BCUT2D eigenvalue weighted by Gasteiger charge is -2.26. The average Bonchev–Trinajstić information content (AvgIpc) is 2.92. The number of sulfonamides is 1. The van der Waals surface area contributed by atoms with E-state index in [9.17, 15) is 13.2 Å². The van der Waals surface area contributed by atoms with Gasteiger partial charge in [0.25, 0.3) is 5.91 Å². The first-order chi connectivity index (χ1) is 18.3. The van der Waals surface area contributed by atoms with Crippen LogP contribution < -0.4 is 14.4 Å². The summed E-state index contributed by atoms with van der Waals surface area (Å²) < 4.78 is 37.2. The number of benzene rings is 3. The van der Waals surface area contributed by atoms with Crippen molar-refractivity contribution >= 4 is 21.6 Å². The third-order valence-electron chi connectivity index (χ3n) is 6.33. The molecule has 0 radical (unpaired) electrons. The van der Waals surface area contributed by atoms with Gasteiger partial charge in [0, 0.05) is 31.7 Å². The molecular weight excluding hydrogens is 502 g/mol. The highest BCUT2D eigenvalue weighted by Gasteiger charge is 2.18. The SMILES string of the molecule is CCOc1ccc(N(Cc2ccc(C(=O)NCc3cccc(CN4CCOCC4)c3)cc2)S(C)(=O)=O)cc1. The normalized spacial score (nSPS) is 14.2. The zero-order chi connectivity index (χ0) is 27.0. The molecule has 202 valence electrons. The second kappa shape index (κ2) is 12.9. The number of ether oxygens (including phenoxy) is 2. The van der Waals surface area contributed by atoms with E-state index in [1.165, 1.54) is 16.1 Å². The smallest absolute Gasteiger partial charge is 0.251 e. The Morgan fingerprint density at radius 1 is 0.974 bits per heavy atom. The Labute approximate surface area is 225 Å². The summed E-state index contributed by atoms with van der Waals surface area (Å²) in [6, 6.07) is 22.2. The van der Waals surface area contributed by atoms with Gasteiger partial charge in [-0.25, -0.2) is 8.42 Å². The molecule has 1 N–H and O–H groups in total. The van der Waals surface area contributed by atoms with E-state index in [1.807, 2.05) is 19.1 Å². The molecule has 9 heteroatoms. The lowest BCUT2D eigenvalue weighted by molar-refractivity contribution is 0.0342. The predicted octanol–water partition coefficient (Wildman–Crippen LogP) is 3.81. The Balaban J connectivity index is 1.35. The van der Waals surface area contributed by atoms with Gasteiger partial charge in [-0.05, 0) is 60.0 Å². The number of hydrogen-bond donors (Lipinski definition) is 1. The van der Waals surface area contributed by atoms with E-state index in [4.69, 9.17) is 9.47 Å². The van der Waals surface area contributed by atoms with Crippen LogP contribution in [0.25, 0.3) is 0 Å². The molecule has 1 aliphatic rings. The number of morpholine rings is 1. The zero-order valence-corrected chi connectivity index (χ0v) is 22.7. The van der Waals surface area contributed by atoms with Crippen LogP contribution in [0.1, 0.15) is 34.0 Å². The van der Waals surface area contributed by atoms with E-state index in [-0.39, 0.29) is 12.5 Å². The third kappa shape index (κ3) is 7.80. The maximum atomic E-state index is 12.8. The molecule has 0 bridgehead atoms. The molecule has 0 aromatic heterocycles. The van der Waals surface area contributed by atoms with Crippen LogP contribution in [0.4, 0.5) is 5.69 Å². The fraction of sp³-hybridized carbons (Fsp3) is 0.345. The van der Waals surface area contributed by atoms with Gasteiger partial charge in [-0.3, -0.25) is 14.0 Å². The Morgan fingerprint density at radius 2 is 1.66 bits per heavy atom. The highest BCUT2D eigenvalue weighted by molar-refractivity contribution is 7.92. The van der Waals surface area contributed by atoms with Gasteiger partial charge >= 0.3 is 0 Å². The van der Waals surface area contributed by atoms with Gasteiger partial charge in [0.2, 0.25) is 10.0 Å². The summed E-state index contributed by atoms with van der Waals surface area (Å²) in [4.78, 5) is 15.1. The minimum atomic E-state index is -3.52. The van der Waals surface area contributed by atoms with E-state index in [2.05, 4.69) is 22.3 Å². The average molecular weight is 538 g/mol. The quantitative estimate of drug-likeness (QED) is 0.400. The van der Waals surface area contributed by atoms with Gasteiger partial charge in [-0.15, -0.1) is 0 Å². The number of nitrogens with zero attached hydrogens (tertiary/aromatic N) is 2. The van der Waals surface area contributed by atoms with E-state index in [0.29, 0.717) is 30.2 Å². The molecular formula is C29H35N3O5S. The van der Waals surface area contributed by atoms with Crippen molar-refractivity contribution in [3.63, 3.8) is 0 Å². The topological polar surface area (TPSA) is 88.2 Å². The van der Waals surface area contributed by atoms with Crippen molar-refractivity contribution in [3.8, 4) is 5.75 Å². The molecule has 0 atom stereocenters. The summed E-state index contributed by atoms with van der Waals surface area (Å²) in [5.41, 5.74) is 4.10. The van der Waals surface area contributed by atoms with Crippen LogP contribution in [0.2, 0.25) is 0 Å². The van der Waals surface area contributed by atoms with E-state index in [0.717, 1.165) is 44.0 Å². The maximum absolute atomic E-state index is 12.8. The van der Waals surface area contributed by atoms with Crippen molar-refractivity contribution in [2.75, 3.05) is 43.5 Å². The molecule has 0 spiro atoms. The zero-order valence-electron chi connectivity index (χ0n) is 21.9. The number of nitrogens with one attached hydrogen (secondary N) is 1. The Kier molecular flexibility index (Phi) is 9.38. The van der Waals surface area contributed by atoms with Crippen LogP contribution in [0.5, 0.6) is 5.75 Å². The summed E-state index contributed by atoms with van der Waals surface area (Å²) in [7, 11) is -3.52. The minimum Gasteiger partial charge on any atom is -0.494 e. The van der Waals surface area contributed by atoms with Gasteiger partial charge in [-0.2, -0.15) is 0 Å². The van der Waals surface area contributed by atoms with E-state index in [1.54, 1.807) is 48.5 Å². The summed E-state index contributed by atoms with van der Waals surface area (Å²) >= 11 is 0. The molecule has 0 unspecified atom stereocenters. The van der Waals surface area contributed by atoms with Crippen LogP contribution in [0, 0.1) is 0 Å². The van der Waals surface area contributed by atoms with Crippen LogP contribution >= 0.6 is 0 Å². The number of hydrogen-bond acceptors (Lipinski definition) is 6. The van der Waals surface area contributed by atoms with Crippen molar-refractivity contribution in [1.82, 2.24) is 10.2 Å². The standard InChI is InChI=1S/C29H35N3O5S/c1-3-37-28-13-11-27(12-14-28)32(38(2,34)35)22-23-7-9-26(10-8-23)29(33)30-20-24-5-4-6-25(19-24)21-31-15-17-36-18-16-31/h4-14,19H,3,15-18,20-22H2,1-2H3,(H,30,33). The molecule has 1 saturated heterocycles. The Morgan fingerprint density at radius 3 is 2.32 bits per heavy atom. The second-order valence-corrected chi connectivity index (χ2v) is 11.2. The molecule has 8 nitrogen and oxygen atoms in total. The minimum absolute atomic E-state index is 0.157. The summed E-state index contributed by atoms with van der Waals surface area (Å²) in [5, 5.41) is 2.98. The largest absolute Gasteiger partial charge is 0.494 e. The first kappa shape index (κ1) is 27.6. The predicted molar refractivity (Wildman–Crippen MR) is 149 cm³/mol. The highest BCUT2D eigenvalue weighted by Crippen LogP contribution is 2.24. The number of carbonyl (C=O) groups excluding carboxylic acids is 1. The lowest BCUT2D eigenvalue weighted by Crippen LogP contribution is -2.35. The summed E-state index contributed by atoms with van der Waals surface area (Å²) in [5.74, 6) is 0.505. The Hall–Kier alpha value is -3.40. The molecule has 0 saturated carbocycles. The monoisotopic (exact) mass is 537 g/mol. The van der Waals surface area contributed by atoms with Gasteiger partial charge in [0.05, 0.1) is 38.3 Å². The molecule has 3 aromatic rings. The number of anilines is 1. The molecule has 4 rings (SSSR count). The van der Waals surface area contributed by atoms with Crippen molar-refractivity contribution in [2.45, 2.75) is 26.6 Å². The Bertz CT molecular complexity index is 1300. The van der Waals surface area contributed by atoms with Gasteiger partial charge < -0.3 is 14.8 Å². The van der Waals surface area contributed by atoms with Crippen molar-refractivity contribution in [3.05, 3.63) is 95.1 Å². The lowest BCUT2D eigenvalue weighted by atomic mass is 10.1. The second-order valence-electron chi connectivity index (χ2n) is 9.28. The van der Waals surface area contributed by atoms with Crippen molar-refractivity contribution < 1.29 is 22.7 Å². The number of rotatable bonds is 11. The summed E-state index contributed by atoms with van der Waals surface area (Å²) in [6.07, 6.45) is 1.18. The van der Waals surface area contributed by atoms with Crippen LogP contribution in [0.3, 0.4) is 0 Å². The summed E-state index contributed by atoms with van der Waals surface area (Å²) in [6.45, 7) is 7.28. The molecule has 0 aliphatic carbocycles. The van der Waals surface area contributed by atoms with Crippen LogP contribution in [0.15, 0.2) is 72.8 Å². The number of carbonyl (C=O) groups is 1. The maximum Gasteiger partial charge on any atom is 0.251 e. The van der Waals surface area contributed by atoms with Crippen LogP contribution in [-0.2, 0) is 34.4 Å². The first-order valence-electron chi connectivity index (χ1n) is 12.8. The third-order valence-corrected chi connectivity index (χ3v) is 7.47. The van der Waals surface area contributed by atoms with Gasteiger partial charge in [0.1, 0.15) is 5.75 Å². The molecule has 1 amide bonds. The van der Waals surface area contributed by atoms with E-state index < -0.39 is 10.0 Å². The molecule has 3 aromatic carbocycles.